The van der Waals surface area contributed by atoms with Crippen molar-refractivity contribution in [1.82, 2.24) is 15.3 Å². The monoisotopic (exact) mass is 359 g/mol. The van der Waals surface area contributed by atoms with Gasteiger partial charge < -0.3 is 15.1 Å². The lowest BCUT2D eigenvalue weighted by Gasteiger charge is -2.34. The van der Waals surface area contributed by atoms with Gasteiger partial charge in [-0.15, -0.1) is 0 Å². The molecule has 1 aliphatic heterocycles. The Hall–Kier alpha value is -1.85. The molecule has 0 bridgehead atoms. The first-order chi connectivity index (χ1) is 12.4. The lowest BCUT2D eigenvalue weighted by Crippen LogP contribution is -2.47. The zero-order valence-electron chi connectivity index (χ0n) is 16.7. The summed E-state index contributed by atoms with van der Waals surface area (Å²) in [6.07, 6.45) is 6.67. The summed E-state index contributed by atoms with van der Waals surface area (Å²) in [4.78, 5) is 26.2. The van der Waals surface area contributed by atoms with Gasteiger partial charge in [-0.1, -0.05) is 19.8 Å². The van der Waals surface area contributed by atoms with Crippen LogP contribution in [-0.4, -0.2) is 49.1 Å². The van der Waals surface area contributed by atoms with Crippen molar-refractivity contribution in [2.75, 3.05) is 37.0 Å². The van der Waals surface area contributed by atoms with Gasteiger partial charge >= 0.3 is 0 Å². The minimum atomic E-state index is 0.124. The molecule has 0 spiro atoms. The summed E-state index contributed by atoms with van der Waals surface area (Å²) in [6.45, 7) is 5.96. The zero-order chi connectivity index (χ0) is 18.7. The molecule has 1 N–H and O–H groups in total. The first kappa shape index (κ1) is 18.9. The smallest absolute Gasteiger partial charge is 0.227 e. The van der Waals surface area contributed by atoms with Crippen molar-refractivity contribution in [2.24, 2.45) is 11.8 Å². The molecular weight excluding hydrogens is 326 g/mol. The Morgan fingerprint density at radius 1 is 1.15 bits per heavy atom. The topological polar surface area (TPSA) is 61.4 Å². The summed E-state index contributed by atoms with van der Waals surface area (Å²) in [5, 5.41) is 3.33. The van der Waals surface area contributed by atoms with Crippen LogP contribution in [0.25, 0.3) is 0 Å². The average Bonchev–Trinajstić information content (AvgIpc) is 2.63. The normalized spacial score (nSPS) is 24.4. The third kappa shape index (κ3) is 4.46. The van der Waals surface area contributed by atoms with Crippen LogP contribution in [0.1, 0.15) is 51.1 Å². The molecule has 1 saturated carbocycles. The molecule has 2 aliphatic rings. The number of aromatic nitrogens is 2. The predicted molar refractivity (Wildman–Crippen MR) is 106 cm³/mol. The maximum Gasteiger partial charge on any atom is 0.227 e. The standard InChI is InChI=1S/C20H33N5O/c1-14-7-5-6-8-17(14)22-19(26)16-9-11-25(12-10-16)20-21-15(2)13-18(23-20)24(3)4/h13-14,16-17H,5-12H2,1-4H3,(H,22,26)/t14-,17-/m0/s1. The highest BCUT2D eigenvalue weighted by atomic mass is 16.2. The molecule has 144 valence electrons. The maximum atomic E-state index is 12.7. The lowest BCUT2D eigenvalue weighted by atomic mass is 9.85. The van der Waals surface area contributed by atoms with E-state index in [1.165, 1.54) is 19.3 Å². The lowest BCUT2D eigenvalue weighted by molar-refractivity contribution is -0.126. The Kier molecular flexibility index (Phi) is 5.99. The number of nitrogens with zero attached hydrogens (tertiary/aromatic N) is 4. The second-order valence-electron chi connectivity index (χ2n) is 8.20. The van der Waals surface area contributed by atoms with E-state index >= 15 is 0 Å². The van der Waals surface area contributed by atoms with Crippen LogP contribution in [0.4, 0.5) is 11.8 Å². The van der Waals surface area contributed by atoms with Gasteiger partial charge in [0.15, 0.2) is 0 Å². The van der Waals surface area contributed by atoms with Crippen LogP contribution >= 0.6 is 0 Å². The minimum absolute atomic E-state index is 0.124. The Balaban J connectivity index is 1.56. The number of aryl methyl sites for hydroxylation is 1. The minimum Gasteiger partial charge on any atom is -0.363 e. The largest absolute Gasteiger partial charge is 0.363 e. The summed E-state index contributed by atoms with van der Waals surface area (Å²) in [5.74, 6) is 2.70. The Bertz CT molecular complexity index is 625. The quantitative estimate of drug-likeness (QED) is 0.896. The van der Waals surface area contributed by atoms with Crippen molar-refractivity contribution in [3.05, 3.63) is 11.8 Å². The number of carbonyl (C=O) groups is 1. The highest BCUT2D eigenvalue weighted by Crippen LogP contribution is 2.26. The third-order valence-electron chi connectivity index (χ3n) is 5.87. The summed E-state index contributed by atoms with van der Waals surface area (Å²) in [5.41, 5.74) is 0.977. The molecule has 2 fully saturated rings. The number of hydrogen-bond acceptors (Lipinski definition) is 5. The fraction of sp³-hybridized carbons (Fsp3) is 0.750. The Morgan fingerprint density at radius 2 is 1.85 bits per heavy atom. The van der Waals surface area contributed by atoms with Crippen molar-refractivity contribution in [3.8, 4) is 0 Å². The predicted octanol–water partition coefficient (Wildman–Crippen LogP) is 2.76. The van der Waals surface area contributed by atoms with Crippen LogP contribution in [-0.2, 0) is 4.79 Å². The van der Waals surface area contributed by atoms with Crippen LogP contribution < -0.4 is 15.1 Å². The molecule has 6 heteroatoms. The van der Waals surface area contributed by atoms with E-state index in [-0.39, 0.29) is 11.8 Å². The first-order valence-corrected chi connectivity index (χ1v) is 10.0. The van der Waals surface area contributed by atoms with E-state index in [0.717, 1.165) is 49.8 Å². The highest BCUT2D eigenvalue weighted by Gasteiger charge is 2.30. The molecule has 26 heavy (non-hydrogen) atoms. The van der Waals surface area contributed by atoms with E-state index in [2.05, 4.69) is 27.1 Å². The molecule has 1 aliphatic carbocycles. The fourth-order valence-electron chi connectivity index (χ4n) is 4.08. The van der Waals surface area contributed by atoms with Crippen LogP contribution in [0, 0.1) is 18.8 Å². The van der Waals surface area contributed by atoms with Crippen LogP contribution in [0.15, 0.2) is 6.07 Å². The van der Waals surface area contributed by atoms with Crippen LogP contribution in [0.2, 0.25) is 0 Å². The highest BCUT2D eigenvalue weighted by molar-refractivity contribution is 5.79. The maximum absolute atomic E-state index is 12.7. The first-order valence-electron chi connectivity index (χ1n) is 10.0. The van der Waals surface area contributed by atoms with Gasteiger partial charge in [0.2, 0.25) is 11.9 Å². The molecule has 1 aromatic heterocycles. The summed E-state index contributed by atoms with van der Waals surface area (Å²) in [6, 6.07) is 2.37. The van der Waals surface area contributed by atoms with E-state index in [1.807, 2.05) is 32.0 Å². The molecule has 1 aromatic rings. The molecular formula is C20H33N5O. The number of carbonyl (C=O) groups excluding carboxylic acids is 1. The Labute approximate surface area is 157 Å². The average molecular weight is 360 g/mol. The second-order valence-corrected chi connectivity index (χ2v) is 8.20. The SMILES string of the molecule is Cc1cc(N(C)C)nc(N2CCC(C(=O)N[C@H]3CCCC[C@@H]3C)CC2)n1. The number of rotatable bonds is 4. The van der Waals surface area contributed by atoms with E-state index in [4.69, 9.17) is 0 Å². The van der Waals surface area contributed by atoms with Crippen molar-refractivity contribution >= 4 is 17.7 Å². The van der Waals surface area contributed by atoms with E-state index in [0.29, 0.717) is 12.0 Å². The number of hydrogen-bond donors (Lipinski definition) is 1. The van der Waals surface area contributed by atoms with Gasteiger partial charge in [-0.3, -0.25) is 4.79 Å². The van der Waals surface area contributed by atoms with E-state index < -0.39 is 0 Å². The zero-order valence-corrected chi connectivity index (χ0v) is 16.7. The van der Waals surface area contributed by atoms with Crippen LogP contribution in [0.5, 0.6) is 0 Å². The van der Waals surface area contributed by atoms with Crippen molar-refractivity contribution in [3.63, 3.8) is 0 Å². The molecule has 0 unspecified atom stereocenters. The summed E-state index contributed by atoms with van der Waals surface area (Å²) >= 11 is 0. The molecule has 1 amide bonds. The fourth-order valence-corrected chi connectivity index (χ4v) is 4.08. The Morgan fingerprint density at radius 3 is 2.50 bits per heavy atom. The van der Waals surface area contributed by atoms with Gasteiger partial charge in [0.05, 0.1) is 0 Å². The third-order valence-corrected chi connectivity index (χ3v) is 5.87. The van der Waals surface area contributed by atoms with Gasteiger partial charge in [0, 0.05) is 50.9 Å². The van der Waals surface area contributed by atoms with E-state index in [1.54, 1.807) is 0 Å². The number of nitrogens with one attached hydrogen (secondary N) is 1. The van der Waals surface area contributed by atoms with Crippen molar-refractivity contribution < 1.29 is 4.79 Å². The second kappa shape index (κ2) is 8.23. The van der Waals surface area contributed by atoms with Crippen LogP contribution in [0.3, 0.4) is 0 Å². The number of anilines is 2. The van der Waals surface area contributed by atoms with Gasteiger partial charge in [-0.05, 0) is 38.5 Å². The van der Waals surface area contributed by atoms with Crippen molar-refractivity contribution in [1.29, 1.82) is 0 Å². The van der Waals surface area contributed by atoms with Gasteiger partial charge in [0.1, 0.15) is 5.82 Å². The number of amides is 1. The molecule has 6 nitrogen and oxygen atoms in total. The summed E-state index contributed by atoms with van der Waals surface area (Å²) in [7, 11) is 3.99. The molecule has 0 radical (unpaired) electrons. The van der Waals surface area contributed by atoms with Gasteiger partial charge in [-0.2, -0.15) is 4.98 Å². The molecule has 2 heterocycles. The molecule has 1 saturated heterocycles. The van der Waals surface area contributed by atoms with Crippen molar-refractivity contribution in [2.45, 2.75) is 58.4 Å². The van der Waals surface area contributed by atoms with E-state index in [9.17, 15) is 4.79 Å². The molecule has 2 atom stereocenters. The van der Waals surface area contributed by atoms with Gasteiger partial charge in [0.25, 0.3) is 0 Å². The number of piperidine rings is 1. The molecule has 0 aromatic carbocycles. The summed E-state index contributed by atoms with van der Waals surface area (Å²) < 4.78 is 0. The van der Waals surface area contributed by atoms with Gasteiger partial charge in [-0.25, -0.2) is 4.98 Å². The molecule has 3 rings (SSSR count).